The number of carbonyl (C=O) groups is 1. The normalized spacial score (nSPS) is 11.8. The van der Waals surface area contributed by atoms with Crippen LogP contribution in [0.1, 0.15) is 17.3 Å². The Morgan fingerprint density at radius 3 is 2.21 bits per heavy atom. The van der Waals surface area contributed by atoms with Crippen molar-refractivity contribution in [1.82, 2.24) is 5.32 Å². The van der Waals surface area contributed by atoms with Crippen LogP contribution in [0.4, 0.5) is 0 Å². The van der Waals surface area contributed by atoms with E-state index in [0.29, 0.717) is 26.3 Å². The van der Waals surface area contributed by atoms with Crippen molar-refractivity contribution in [1.29, 1.82) is 0 Å². The van der Waals surface area contributed by atoms with E-state index in [9.17, 15) is 4.79 Å². The van der Waals surface area contributed by atoms with E-state index in [1.54, 1.807) is 6.92 Å². The van der Waals surface area contributed by atoms with E-state index in [2.05, 4.69) is 53.8 Å². The Kier molecular flexibility index (Phi) is 5.19. The molecule has 1 amide bonds. The molecule has 98 valence electrons. The van der Waals surface area contributed by atoms with Gasteiger partial charge in [0.2, 0.25) is 0 Å². The number of benzene rings is 2. The summed E-state index contributed by atoms with van der Waals surface area (Å²) in [6, 6.07) is 20.9. The fourth-order valence-electron chi connectivity index (χ4n) is 1.80. The van der Waals surface area contributed by atoms with E-state index >= 15 is 0 Å². The van der Waals surface area contributed by atoms with Crippen LogP contribution < -0.4 is 9.78 Å². The van der Waals surface area contributed by atoms with Gasteiger partial charge < -0.3 is 0 Å². The van der Waals surface area contributed by atoms with Crippen LogP contribution in [0.3, 0.4) is 0 Å². The van der Waals surface area contributed by atoms with Crippen molar-refractivity contribution in [3.8, 4) is 0 Å². The summed E-state index contributed by atoms with van der Waals surface area (Å²) in [7, 11) is 0. The third-order valence-corrected chi connectivity index (χ3v) is 5.39. The van der Waals surface area contributed by atoms with Crippen molar-refractivity contribution in [2.75, 3.05) is 6.54 Å². The maximum atomic E-state index is 11.1. The summed E-state index contributed by atoms with van der Waals surface area (Å²) in [5.41, 5.74) is 1.29. The Labute approximate surface area is 120 Å². The number of hydrogen-bond donors (Lipinski definition) is 1. The van der Waals surface area contributed by atoms with Gasteiger partial charge in [-0.05, 0) is 0 Å². The third-order valence-electron chi connectivity index (χ3n) is 2.73. The molecule has 0 spiro atoms. The Morgan fingerprint density at radius 1 is 1.05 bits per heavy atom. The zero-order valence-electron chi connectivity index (χ0n) is 10.9. The summed E-state index contributed by atoms with van der Waals surface area (Å²) < 4.78 is 1.36. The molecule has 0 aliphatic heterocycles. The molecule has 1 unspecified atom stereocenters. The predicted molar refractivity (Wildman–Crippen MR) is 79.7 cm³/mol. The minimum atomic E-state index is 0.0322. The molecule has 0 saturated heterocycles. The second-order valence-corrected chi connectivity index (χ2v) is 6.94. The average Bonchev–Trinajstić information content (AvgIpc) is 2.45. The molecule has 2 aromatic carbocycles. The van der Waals surface area contributed by atoms with Gasteiger partial charge in [-0.25, -0.2) is 0 Å². The van der Waals surface area contributed by atoms with Gasteiger partial charge in [0.25, 0.3) is 0 Å². The second kappa shape index (κ2) is 7.13. The first-order valence-corrected chi connectivity index (χ1v) is 8.11. The van der Waals surface area contributed by atoms with Crippen LogP contribution in [0, 0.1) is 0 Å². The van der Waals surface area contributed by atoms with Crippen LogP contribution in [0.2, 0.25) is 0 Å². The molecule has 0 aromatic heterocycles. The van der Waals surface area contributed by atoms with E-state index in [-0.39, 0.29) is 5.91 Å². The molecule has 19 heavy (non-hydrogen) atoms. The maximum absolute atomic E-state index is 11.1. The van der Waals surface area contributed by atoms with Crippen LogP contribution in [0.5, 0.6) is 0 Å². The first-order valence-electron chi connectivity index (χ1n) is 6.27. The molecule has 0 bridgehead atoms. The first-order chi connectivity index (χ1) is 9.25. The van der Waals surface area contributed by atoms with Gasteiger partial charge in [-0.2, -0.15) is 0 Å². The Bertz CT molecular complexity index is 513. The topological polar surface area (TPSA) is 29.1 Å². The minimum absolute atomic E-state index is 0.0322. The second-order valence-electron chi connectivity index (χ2n) is 4.27. The summed E-state index contributed by atoms with van der Waals surface area (Å²) in [4.78, 5) is 11.5. The molecule has 2 aromatic rings. The van der Waals surface area contributed by atoms with Crippen molar-refractivity contribution in [2.24, 2.45) is 0 Å². The van der Waals surface area contributed by atoms with Gasteiger partial charge in [-0.15, -0.1) is 0 Å². The number of rotatable bonds is 5. The molecule has 2 nitrogen and oxygen atoms in total. The van der Waals surface area contributed by atoms with Gasteiger partial charge >= 0.3 is 120 Å². The summed E-state index contributed by atoms with van der Waals surface area (Å²) in [5.74, 6) is 0.0322. The standard InChI is InChI=1S/C16H17NOSe/c1-13(18)17-12-16(14-8-4-2-5-9-14)19-15-10-6-3-7-11-15/h2-11,16H,12H2,1H3,(H,17,18). The summed E-state index contributed by atoms with van der Waals surface area (Å²) in [6.45, 7) is 2.27. The van der Waals surface area contributed by atoms with Crippen LogP contribution in [0.25, 0.3) is 0 Å². The molecule has 1 N–H and O–H groups in total. The van der Waals surface area contributed by atoms with Gasteiger partial charge in [0.1, 0.15) is 0 Å². The van der Waals surface area contributed by atoms with Gasteiger partial charge in [-0.1, -0.05) is 0 Å². The molecule has 0 saturated carbocycles. The van der Waals surface area contributed by atoms with Crippen LogP contribution in [-0.4, -0.2) is 27.4 Å². The molecule has 0 radical (unpaired) electrons. The number of amides is 1. The van der Waals surface area contributed by atoms with E-state index in [1.165, 1.54) is 10.0 Å². The van der Waals surface area contributed by atoms with Gasteiger partial charge in [-0.3, -0.25) is 0 Å². The van der Waals surface area contributed by atoms with Crippen molar-refractivity contribution >= 4 is 25.3 Å². The summed E-state index contributed by atoms with van der Waals surface area (Å²) in [6.07, 6.45) is 0. The molecular weight excluding hydrogens is 301 g/mol. The number of hydrogen-bond acceptors (Lipinski definition) is 1. The fraction of sp³-hybridized carbons (Fsp3) is 0.188. The first kappa shape index (κ1) is 13.9. The van der Waals surface area contributed by atoms with E-state index in [1.807, 2.05) is 12.1 Å². The molecule has 0 heterocycles. The molecule has 0 aliphatic rings. The van der Waals surface area contributed by atoms with Crippen molar-refractivity contribution in [3.63, 3.8) is 0 Å². The Morgan fingerprint density at radius 2 is 1.63 bits per heavy atom. The van der Waals surface area contributed by atoms with E-state index in [0.717, 1.165) is 0 Å². The Hall–Kier alpha value is -1.57. The molecule has 0 aliphatic carbocycles. The van der Waals surface area contributed by atoms with E-state index < -0.39 is 0 Å². The molecule has 3 heteroatoms. The predicted octanol–water partition coefficient (Wildman–Crippen LogP) is 1.89. The molecule has 2 rings (SSSR count). The molecular formula is C16H17NOSe. The van der Waals surface area contributed by atoms with Crippen LogP contribution >= 0.6 is 0 Å². The zero-order valence-corrected chi connectivity index (χ0v) is 12.6. The Balaban J connectivity index is 2.12. The fourth-order valence-corrected chi connectivity index (χ4v) is 4.11. The quantitative estimate of drug-likeness (QED) is 0.838. The summed E-state index contributed by atoms with van der Waals surface area (Å²) in [5, 5.41) is 2.94. The van der Waals surface area contributed by atoms with Crippen LogP contribution in [0.15, 0.2) is 60.7 Å². The van der Waals surface area contributed by atoms with Crippen molar-refractivity contribution in [3.05, 3.63) is 66.2 Å². The zero-order chi connectivity index (χ0) is 13.5. The van der Waals surface area contributed by atoms with E-state index in [4.69, 9.17) is 0 Å². The van der Waals surface area contributed by atoms with Gasteiger partial charge in [0, 0.05) is 0 Å². The summed E-state index contributed by atoms with van der Waals surface area (Å²) >= 11 is 0.311. The van der Waals surface area contributed by atoms with Crippen molar-refractivity contribution < 1.29 is 4.79 Å². The molecule has 1 atom stereocenters. The van der Waals surface area contributed by atoms with Crippen LogP contribution in [-0.2, 0) is 4.79 Å². The third kappa shape index (κ3) is 4.55. The van der Waals surface area contributed by atoms with Crippen molar-refractivity contribution in [2.45, 2.75) is 11.7 Å². The van der Waals surface area contributed by atoms with Gasteiger partial charge in [0.15, 0.2) is 0 Å². The SMILES string of the molecule is CC(=O)NCC([Se]c1ccccc1)c1ccccc1. The average molecular weight is 318 g/mol. The molecule has 0 fully saturated rings. The number of carbonyl (C=O) groups excluding carboxylic acids is 1. The van der Waals surface area contributed by atoms with Gasteiger partial charge in [0.05, 0.1) is 0 Å². The monoisotopic (exact) mass is 319 g/mol. The number of nitrogens with one attached hydrogen (secondary N) is 1.